The summed E-state index contributed by atoms with van der Waals surface area (Å²) in [6.07, 6.45) is 2.57. The minimum atomic E-state index is -3.50. The molecule has 2 aromatic rings. The molecule has 0 radical (unpaired) electrons. The molecule has 7 heteroatoms. The van der Waals surface area contributed by atoms with Crippen LogP contribution in [0.4, 0.5) is 0 Å². The van der Waals surface area contributed by atoms with Gasteiger partial charge in [-0.3, -0.25) is 0 Å². The molecule has 1 aliphatic rings. The van der Waals surface area contributed by atoms with Crippen molar-refractivity contribution in [1.82, 2.24) is 4.41 Å². The predicted molar refractivity (Wildman–Crippen MR) is 106 cm³/mol. The van der Waals surface area contributed by atoms with E-state index in [1.165, 1.54) is 16.2 Å². The molecule has 0 spiro atoms. The van der Waals surface area contributed by atoms with Gasteiger partial charge in [0.2, 0.25) is 10.0 Å². The Labute approximate surface area is 160 Å². The smallest absolute Gasteiger partial charge is 0.247 e. The summed E-state index contributed by atoms with van der Waals surface area (Å²) >= 11 is 0. The molecule has 0 fully saturated rings. The summed E-state index contributed by atoms with van der Waals surface area (Å²) in [4.78, 5) is 0. The topological polar surface area (TPSA) is 68.2 Å². The molecule has 0 saturated carbocycles. The summed E-state index contributed by atoms with van der Waals surface area (Å²) in [6.45, 7) is 2.08. The van der Waals surface area contributed by atoms with Crippen molar-refractivity contribution in [2.75, 3.05) is 20.5 Å². The lowest BCUT2D eigenvalue weighted by Crippen LogP contribution is -2.26. The number of hydrazone groups is 1. The van der Waals surface area contributed by atoms with E-state index in [1.54, 1.807) is 20.3 Å². The number of rotatable bonds is 6. The lowest BCUT2D eigenvalue weighted by Gasteiger charge is -2.21. The van der Waals surface area contributed by atoms with Gasteiger partial charge in [-0.2, -0.15) is 9.52 Å². The van der Waals surface area contributed by atoms with Crippen LogP contribution in [0, 0.1) is 0 Å². The maximum atomic E-state index is 12.3. The molecule has 3 rings (SSSR count). The average molecular weight is 388 g/mol. The van der Waals surface area contributed by atoms with Crippen molar-refractivity contribution in [3.8, 4) is 11.5 Å². The maximum absolute atomic E-state index is 12.3. The molecule has 0 unspecified atom stereocenters. The lowest BCUT2D eigenvalue weighted by molar-refractivity contribution is 0.355. The summed E-state index contributed by atoms with van der Waals surface area (Å²) in [5, 5.41) is 4.44. The Hall–Kier alpha value is -2.54. The van der Waals surface area contributed by atoms with Crippen LogP contribution in [0.1, 0.15) is 36.1 Å². The van der Waals surface area contributed by atoms with Crippen LogP contribution >= 0.6 is 0 Å². The zero-order valence-electron chi connectivity index (χ0n) is 16.0. The third-order valence-corrected chi connectivity index (χ3v) is 5.69. The number of benzene rings is 2. The van der Waals surface area contributed by atoms with Crippen LogP contribution in [0.5, 0.6) is 11.5 Å². The van der Waals surface area contributed by atoms with Crippen molar-refractivity contribution in [2.45, 2.75) is 25.8 Å². The molecule has 2 aromatic carbocycles. The molecular weight excluding hydrogens is 364 g/mol. The predicted octanol–water partition coefficient (Wildman–Crippen LogP) is 3.38. The van der Waals surface area contributed by atoms with E-state index in [1.807, 2.05) is 30.3 Å². The van der Waals surface area contributed by atoms with Gasteiger partial charge < -0.3 is 9.47 Å². The van der Waals surface area contributed by atoms with E-state index in [9.17, 15) is 8.42 Å². The molecule has 0 bridgehead atoms. The molecule has 1 heterocycles. The van der Waals surface area contributed by atoms with E-state index in [-0.39, 0.29) is 6.04 Å². The maximum Gasteiger partial charge on any atom is 0.247 e. The fraction of sp³-hybridized carbons (Fsp3) is 0.350. The summed E-state index contributed by atoms with van der Waals surface area (Å²) in [7, 11) is -0.353. The molecule has 144 valence electrons. The van der Waals surface area contributed by atoms with Crippen molar-refractivity contribution in [1.29, 1.82) is 0 Å². The molecule has 0 amide bonds. The van der Waals surface area contributed by atoms with Gasteiger partial charge in [0.05, 0.1) is 32.2 Å². The number of methoxy groups -OCH3 is 2. The monoisotopic (exact) mass is 388 g/mol. The van der Waals surface area contributed by atoms with E-state index in [0.29, 0.717) is 23.6 Å². The number of hydrogen-bond donors (Lipinski definition) is 0. The first-order chi connectivity index (χ1) is 12.9. The summed E-state index contributed by atoms with van der Waals surface area (Å²) in [5.41, 5.74) is 3.63. The Morgan fingerprint density at radius 3 is 2.48 bits per heavy atom. The van der Waals surface area contributed by atoms with E-state index < -0.39 is 10.0 Å². The molecule has 0 saturated heterocycles. The van der Waals surface area contributed by atoms with Gasteiger partial charge in [-0.05, 0) is 35.7 Å². The van der Waals surface area contributed by atoms with Gasteiger partial charge in [-0.25, -0.2) is 8.42 Å². The first kappa shape index (κ1) is 19.2. The van der Waals surface area contributed by atoms with Gasteiger partial charge in [0, 0.05) is 12.0 Å². The van der Waals surface area contributed by atoms with E-state index in [0.717, 1.165) is 17.5 Å². The number of nitrogens with zero attached hydrogens (tertiary/aromatic N) is 2. The molecule has 27 heavy (non-hydrogen) atoms. The highest BCUT2D eigenvalue weighted by Gasteiger charge is 2.34. The average Bonchev–Trinajstić information content (AvgIpc) is 3.13. The van der Waals surface area contributed by atoms with Crippen LogP contribution in [0.3, 0.4) is 0 Å². The second kappa shape index (κ2) is 7.60. The molecule has 0 aliphatic carbocycles. The van der Waals surface area contributed by atoms with Gasteiger partial charge in [-0.1, -0.05) is 31.2 Å². The normalized spacial score (nSPS) is 17.0. The third kappa shape index (κ3) is 3.93. The van der Waals surface area contributed by atoms with Crippen molar-refractivity contribution in [3.63, 3.8) is 0 Å². The van der Waals surface area contributed by atoms with Gasteiger partial charge in [-0.15, -0.1) is 0 Å². The van der Waals surface area contributed by atoms with Crippen LogP contribution in [-0.4, -0.2) is 39.0 Å². The number of sulfonamides is 1. The van der Waals surface area contributed by atoms with Crippen LogP contribution in [0.15, 0.2) is 47.6 Å². The fourth-order valence-corrected chi connectivity index (χ4v) is 4.16. The van der Waals surface area contributed by atoms with E-state index >= 15 is 0 Å². The third-order valence-electron chi connectivity index (χ3n) is 4.67. The summed E-state index contributed by atoms with van der Waals surface area (Å²) in [5.74, 6) is 1.20. The first-order valence-corrected chi connectivity index (χ1v) is 10.6. The van der Waals surface area contributed by atoms with Gasteiger partial charge in [0.1, 0.15) is 0 Å². The molecule has 1 atom stereocenters. The van der Waals surface area contributed by atoms with Crippen molar-refractivity contribution in [3.05, 3.63) is 59.2 Å². The van der Waals surface area contributed by atoms with Gasteiger partial charge >= 0.3 is 0 Å². The zero-order chi connectivity index (χ0) is 19.6. The fourth-order valence-electron chi connectivity index (χ4n) is 3.25. The standard InChI is InChI=1S/C20H24N2O4S/c1-5-14-7-6-8-16(11-14)18-13-17(21-22(18)27(4,23)24)15-9-10-19(25-2)20(12-15)26-3/h6-12,18H,5,13H2,1-4H3/t18-/m1/s1. The molecular formula is C20H24N2O4S. The minimum Gasteiger partial charge on any atom is -0.493 e. The summed E-state index contributed by atoms with van der Waals surface area (Å²) < 4.78 is 36.5. The van der Waals surface area contributed by atoms with Crippen LogP contribution in [0.2, 0.25) is 0 Å². The SMILES string of the molecule is CCc1cccc([C@H]2CC(c3ccc(OC)c(OC)c3)=NN2S(C)(=O)=O)c1. The number of ether oxygens (including phenoxy) is 2. The quantitative estimate of drug-likeness (QED) is 0.761. The highest BCUT2D eigenvalue weighted by Crippen LogP contribution is 2.36. The first-order valence-electron chi connectivity index (χ1n) is 8.75. The molecule has 0 aromatic heterocycles. The minimum absolute atomic E-state index is 0.352. The zero-order valence-corrected chi connectivity index (χ0v) is 16.8. The lowest BCUT2D eigenvalue weighted by atomic mass is 9.97. The highest BCUT2D eigenvalue weighted by atomic mass is 32.2. The van der Waals surface area contributed by atoms with Gasteiger partial charge in [0.25, 0.3) is 0 Å². The van der Waals surface area contributed by atoms with E-state index in [4.69, 9.17) is 9.47 Å². The Kier molecular flexibility index (Phi) is 5.41. The van der Waals surface area contributed by atoms with E-state index in [2.05, 4.69) is 18.1 Å². The highest BCUT2D eigenvalue weighted by molar-refractivity contribution is 7.88. The summed E-state index contributed by atoms with van der Waals surface area (Å²) in [6, 6.07) is 13.1. The van der Waals surface area contributed by atoms with Gasteiger partial charge in [0.15, 0.2) is 11.5 Å². The molecule has 6 nitrogen and oxygen atoms in total. The Morgan fingerprint density at radius 1 is 1.11 bits per heavy atom. The van der Waals surface area contributed by atoms with Crippen molar-refractivity contribution < 1.29 is 17.9 Å². The number of hydrogen-bond acceptors (Lipinski definition) is 5. The second-order valence-electron chi connectivity index (χ2n) is 6.47. The van der Waals surface area contributed by atoms with Crippen molar-refractivity contribution in [2.24, 2.45) is 5.10 Å². The molecule has 1 aliphatic heterocycles. The molecule has 0 N–H and O–H groups in total. The second-order valence-corrected chi connectivity index (χ2v) is 8.31. The van der Waals surface area contributed by atoms with Crippen LogP contribution < -0.4 is 9.47 Å². The number of aryl methyl sites for hydroxylation is 1. The Morgan fingerprint density at radius 2 is 1.85 bits per heavy atom. The Balaban J connectivity index is 2.01. The Bertz CT molecular complexity index is 970. The largest absolute Gasteiger partial charge is 0.493 e. The van der Waals surface area contributed by atoms with Crippen LogP contribution in [-0.2, 0) is 16.4 Å². The van der Waals surface area contributed by atoms with Crippen molar-refractivity contribution >= 4 is 15.7 Å². The van der Waals surface area contributed by atoms with Crippen LogP contribution in [0.25, 0.3) is 0 Å².